The van der Waals surface area contributed by atoms with Crippen LogP contribution in [0.1, 0.15) is 61.0 Å². The Hall–Kier alpha value is -1.47. The third kappa shape index (κ3) is 4.54. The number of nitro benzene ring substituents is 1. The van der Waals surface area contributed by atoms with E-state index < -0.39 is 29.1 Å². The number of rotatable bonds is 2. The molecule has 1 saturated heterocycles. The summed E-state index contributed by atoms with van der Waals surface area (Å²) in [6.07, 6.45) is 0. The molecule has 1 fully saturated rings. The van der Waals surface area contributed by atoms with E-state index in [0.29, 0.717) is 5.46 Å². The van der Waals surface area contributed by atoms with Gasteiger partial charge in [0.25, 0.3) is 5.69 Å². The predicted octanol–water partition coefficient (Wildman–Crippen LogP) is 4.39. The fourth-order valence-corrected chi connectivity index (χ4v) is 1.99. The molecular formula is C17H29BFNO4. The van der Waals surface area contributed by atoms with Gasteiger partial charge in [-0.1, -0.05) is 27.7 Å². The second-order valence-corrected chi connectivity index (χ2v) is 5.99. The Balaban J connectivity index is 0.00000123. The van der Waals surface area contributed by atoms with E-state index in [4.69, 9.17) is 9.31 Å². The van der Waals surface area contributed by atoms with E-state index in [9.17, 15) is 14.5 Å². The van der Waals surface area contributed by atoms with E-state index in [0.717, 1.165) is 0 Å². The highest BCUT2D eigenvalue weighted by atomic mass is 19.1. The van der Waals surface area contributed by atoms with Crippen LogP contribution in [0.4, 0.5) is 10.1 Å². The Morgan fingerprint density at radius 2 is 1.46 bits per heavy atom. The van der Waals surface area contributed by atoms with Gasteiger partial charge < -0.3 is 9.31 Å². The van der Waals surface area contributed by atoms with Crippen molar-refractivity contribution >= 4 is 18.3 Å². The van der Waals surface area contributed by atoms with Crippen molar-refractivity contribution in [2.75, 3.05) is 0 Å². The second-order valence-electron chi connectivity index (χ2n) is 5.99. The summed E-state index contributed by atoms with van der Waals surface area (Å²) in [5.74, 6) is -0.635. The molecule has 0 spiro atoms. The number of nitro groups is 1. The van der Waals surface area contributed by atoms with Gasteiger partial charge in [0.05, 0.1) is 21.7 Å². The van der Waals surface area contributed by atoms with Crippen molar-refractivity contribution in [2.24, 2.45) is 0 Å². The van der Waals surface area contributed by atoms with E-state index in [-0.39, 0.29) is 11.3 Å². The molecule has 0 N–H and O–H groups in total. The maximum atomic E-state index is 13.8. The van der Waals surface area contributed by atoms with Crippen molar-refractivity contribution in [1.29, 1.82) is 0 Å². The maximum absolute atomic E-state index is 13.8. The molecule has 2 rings (SSSR count). The van der Waals surface area contributed by atoms with Gasteiger partial charge in [0.1, 0.15) is 5.82 Å². The third-order valence-electron chi connectivity index (χ3n) is 4.06. The van der Waals surface area contributed by atoms with Crippen LogP contribution in [-0.4, -0.2) is 23.2 Å². The maximum Gasteiger partial charge on any atom is 0.495 e. The van der Waals surface area contributed by atoms with E-state index in [2.05, 4.69) is 0 Å². The number of halogens is 1. The molecule has 5 nitrogen and oxygen atoms in total. The first kappa shape index (κ1) is 22.5. The molecule has 0 saturated carbocycles. The van der Waals surface area contributed by atoms with Gasteiger partial charge in [0, 0.05) is 6.07 Å². The summed E-state index contributed by atoms with van der Waals surface area (Å²) in [5.41, 5.74) is -1.09. The summed E-state index contributed by atoms with van der Waals surface area (Å²) in [5, 5.41) is 11.0. The second kappa shape index (κ2) is 8.58. The average Bonchev–Trinajstić information content (AvgIpc) is 2.74. The Bertz CT molecular complexity index is 560. The molecule has 0 bridgehead atoms. The number of hydrogen-bond donors (Lipinski definition) is 0. The van der Waals surface area contributed by atoms with Gasteiger partial charge in [-0.3, -0.25) is 10.1 Å². The molecule has 0 atom stereocenters. The molecule has 0 amide bonds. The largest absolute Gasteiger partial charge is 0.495 e. The minimum Gasteiger partial charge on any atom is -0.399 e. The summed E-state index contributed by atoms with van der Waals surface area (Å²) in [6.45, 7) is 16.8. The molecule has 0 aliphatic carbocycles. The van der Waals surface area contributed by atoms with E-state index in [1.807, 2.05) is 55.4 Å². The van der Waals surface area contributed by atoms with Crippen molar-refractivity contribution in [1.82, 2.24) is 0 Å². The Morgan fingerprint density at radius 3 is 1.83 bits per heavy atom. The summed E-state index contributed by atoms with van der Waals surface area (Å²) in [7, 11) is -0.811. The monoisotopic (exact) mass is 341 g/mol. The molecule has 1 aliphatic rings. The van der Waals surface area contributed by atoms with Gasteiger partial charge in [-0.25, -0.2) is 4.39 Å². The summed E-state index contributed by atoms with van der Waals surface area (Å²) >= 11 is 0. The average molecular weight is 341 g/mol. The van der Waals surface area contributed by atoms with E-state index in [1.165, 1.54) is 19.1 Å². The number of benzene rings is 1. The smallest absolute Gasteiger partial charge is 0.399 e. The lowest BCUT2D eigenvalue weighted by Crippen LogP contribution is -2.41. The Labute approximate surface area is 144 Å². The van der Waals surface area contributed by atoms with Gasteiger partial charge in [0.15, 0.2) is 0 Å². The summed E-state index contributed by atoms with van der Waals surface area (Å²) < 4.78 is 25.4. The van der Waals surface area contributed by atoms with Crippen LogP contribution in [0.2, 0.25) is 0 Å². The van der Waals surface area contributed by atoms with Crippen molar-refractivity contribution in [3.63, 3.8) is 0 Å². The lowest BCUT2D eigenvalue weighted by Gasteiger charge is -2.32. The van der Waals surface area contributed by atoms with Gasteiger partial charge in [-0.15, -0.1) is 0 Å². The molecule has 1 aromatic carbocycles. The predicted molar refractivity (Wildman–Crippen MR) is 96.2 cm³/mol. The molecule has 136 valence electrons. The zero-order chi connectivity index (χ0) is 19.3. The van der Waals surface area contributed by atoms with Crippen molar-refractivity contribution in [3.05, 3.63) is 33.6 Å². The number of nitrogens with zero attached hydrogens (tertiary/aromatic N) is 1. The van der Waals surface area contributed by atoms with Crippen LogP contribution in [0.5, 0.6) is 0 Å². The zero-order valence-electron chi connectivity index (χ0n) is 16.2. The van der Waals surface area contributed by atoms with Crippen LogP contribution in [0, 0.1) is 22.9 Å². The van der Waals surface area contributed by atoms with Gasteiger partial charge in [-0.05, 0) is 46.1 Å². The van der Waals surface area contributed by atoms with Crippen LogP contribution in [-0.2, 0) is 9.31 Å². The summed E-state index contributed by atoms with van der Waals surface area (Å²) in [6, 6.07) is 2.53. The van der Waals surface area contributed by atoms with Crippen LogP contribution in [0.25, 0.3) is 0 Å². The fourth-order valence-electron chi connectivity index (χ4n) is 1.99. The van der Waals surface area contributed by atoms with Crippen LogP contribution in [0.15, 0.2) is 12.1 Å². The Morgan fingerprint density at radius 1 is 1.04 bits per heavy atom. The topological polar surface area (TPSA) is 61.6 Å². The van der Waals surface area contributed by atoms with E-state index in [1.54, 1.807) is 0 Å². The Kier molecular flexibility index (Phi) is 8.06. The SMILES string of the molecule is CC.CC.Cc1c(F)cc(B2OC(C)(C)C(C)(C)O2)cc1[N+](=O)[O-]. The van der Waals surface area contributed by atoms with Crippen molar-refractivity contribution in [3.8, 4) is 0 Å². The zero-order valence-corrected chi connectivity index (χ0v) is 16.2. The lowest BCUT2D eigenvalue weighted by atomic mass is 9.78. The molecule has 24 heavy (non-hydrogen) atoms. The molecular weight excluding hydrogens is 312 g/mol. The third-order valence-corrected chi connectivity index (χ3v) is 4.06. The minimum absolute atomic E-state index is 0.00951. The molecule has 1 aliphatic heterocycles. The first-order valence-electron chi connectivity index (χ1n) is 8.35. The van der Waals surface area contributed by atoms with Crippen molar-refractivity contribution in [2.45, 2.75) is 73.5 Å². The minimum atomic E-state index is -0.811. The highest BCUT2D eigenvalue weighted by Gasteiger charge is 2.52. The molecule has 1 heterocycles. The highest BCUT2D eigenvalue weighted by molar-refractivity contribution is 6.62. The standard InChI is InChI=1S/C13H17BFNO4.2C2H6/c1-8-10(15)6-9(7-11(8)16(17)18)14-19-12(2,3)13(4,5)20-14;2*1-2/h6-7H,1-5H3;2*1-2H3. The lowest BCUT2D eigenvalue weighted by molar-refractivity contribution is -0.385. The molecule has 0 unspecified atom stereocenters. The quantitative estimate of drug-likeness (QED) is 0.455. The van der Waals surface area contributed by atoms with Crippen LogP contribution in [0.3, 0.4) is 0 Å². The van der Waals surface area contributed by atoms with Gasteiger partial charge in [0.2, 0.25) is 0 Å². The van der Waals surface area contributed by atoms with Gasteiger partial charge in [-0.2, -0.15) is 0 Å². The molecule has 7 heteroatoms. The molecule has 0 radical (unpaired) electrons. The van der Waals surface area contributed by atoms with Crippen LogP contribution >= 0.6 is 0 Å². The first-order valence-corrected chi connectivity index (χ1v) is 8.35. The fraction of sp³-hybridized carbons (Fsp3) is 0.647. The number of hydrogen-bond acceptors (Lipinski definition) is 4. The van der Waals surface area contributed by atoms with Crippen molar-refractivity contribution < 1.29 is 18.6 Å². The highest BCUT2D eigenvalue weighted by Crippen LogP contribution is 2.36. The normalized spacial score (nSPS) is 17.3. The molecule has 1 aromatic rings. The summed E-state index contributed by atoms with van der Waals surface area (Å²) in [4.78, 5) is 10.3. The van der Waals surface area contributed by atoms with Crippen LogP contribution < -0.4 is 5.46 Å². The molecule has 0 aromatic heterocycles. The van der Waals surface area contributed by atoms with Gasteiger partial charge >= 0.3 is 7.12 Å². The van der Waals surface area contributed by atoms with E-state index >= 15 is 0 Å². The first-order chi connectivity index (χ1) is 11.0.